The molecule has 0 fully saturated rings. The molecule has 2 aromatic rings. The summed E-state index contributed by atoms with van der Waals surface area (Å²) in [6, 6.07) is 1.97. The van der Waals surface area contributed by atoms with Crippen molar-refractivity contribution < 1.29 is 39.0 Å². The topological polar surface area (TPSA) is 247 Å². The molecule has 15 heteroatoms. The number of aliphatic carboxylic acids is 2. The third kappa shape index (κ3) is 9.89. The van der Waals surface area contributed by atoms with Gasteiger partial charge in [0.05, 0.1) is 12.5 Å². The van der Waals surface area contributed by atoms with Crippen molar-refractivity contribution in [1.82, 2.24) is 20.9 Å². The van der Waals surface area contributed by atoms with E-state index in [1.807, 2.05) is 24.3 Å². The first-order valence-electron chi connectivity index (χ1n) is 12.4. The van der Waals surface area contributed by atoms with Crippen molar-refractivity contribution in [2.24, 2.45) is 11.5 Å². The minimum Gasteiger partial charge on any atom is -0.481 e. The number of primary amides is 1. The Kier molecular flexibility index (Phi) is 12.4. The summed E-state index contributed by atoms with van der Waals surface area (Å²) in [7, 11) is 0. The van der Waals surface area contributed by atoms with E-state index in [9.17, 15) is 39.0 Å². The van der Waals surface area contributed by atoms with Crippen molar-refractivity contribution in [2.75, 3.05) is 12.0 Å². The first kappa shape index (κ1) is 32.1. The van der Waals surface area contributed by atoms with Crippen LogP contribution in [0.25, 0.3) is 10.9 Å². The van der Waals surface area contributed by atoms with Crippen LogP contribution in [-0.2, 0) is 35.2 Å². The number of rotatable bonds is 17. The lowest BCUT2D eigenvalue weighted by Gasteiger charge is -2.24. The zero-order valence-corrected chi connectivity index (χ0v) is 22.7. The molecule has 40 heavy (non-hydrogen) atoms. The van der Waals surface area contributed by atoms with Crippen molar-refractivity contribution in [3.05, 3.63) is 36.0 Å². The van der Waals surface area contributed by atoms with E-state index in [0.29, 0.717) is 5.75 Å². The molecule has 4 unspecified atom stereocenters. The molecule has 218 valence electrons. The van der Waals surface area contributed by atoms with Gasteiger partial charge in [0.25, 0.3) is 0 Å². The highest BCUT2D eigenvalue weighted by Gasteiger charge is 2.31. The van der Waals surface area contributed by atoms with E-state index < -0.39 is 66.2 Å². The van der Waals surface area contributed by atoms with Gasteiger partial charge in [-0.2, -0.15) is 11.8 Å². The number of benzene rings is 1. The van der Waals surface area contributed by atoms with Crippen LogP contribution in [0.15, 0.2) is 30.5 Å². The van der Waals surface area contributed by atoms with Gasteiger partial charge in [0.1, 0.15) is 18.1 Å². The smallest absolute Gasteiger partial charge is 0.326 e. The number of nitrogens with two attached hydrogens (primary N) is 2. The van der Waals surface area contributed by atoms with Crippen LogP contribution in [0, 0.1) is 0 Å². The number of aromatic amines is 1. The second-order valence-corrected chi connectivity index (χ2v) is 10.1. The van der Waals surface area contributed by atoms with Gasteiger partial charge >= 0.3 is 11.9 Å². The molecular formula is C25H34N6O8S. The molecule has 0 saturated carbocycles. The molecule has 10 N–H and O–H groups in total. The Balaban J connectivity index is 2.15. The van der Waals surface area contributed by atoms with Crippen LogP contribution in [0.1, 0.15) is 31.2 Å². The molecule has 0 aliphatic heterocycles. The lowest BCUT2D eigenvalue weighted by molar-refractivity contribution is -0.143. The van der Waals surface area contributed by atoms with Crippen molar-refractivity contribution in [3.63, 3.8) is 0 Å². The lowest BCUT2D eigenvalue weighted by atomic mass is 10.0. The molecule has 4 amide bonds. The summed E-state index contributed by atoms with van der Waals surface area (Å²) in [5.41, 5.74) is 12.9. The van der Waals surface area contributed by atoms with Crippen LogP contribution in [-0.4, -0.2) is 86.9 Å². The van der Waals surface area contributed by atoms with E-state index >= 15 is 0 Å². The summed E-state index contributed by atoms with van der Waals surface area (Å²) in [5, 5.41) is 26.4. The Morgan fingerprint density at radius 1 is 0.925 bits per heavy atom. The van der Waals surface area contributed by atoms with Gasteiger partial charge in [-0.15, -0.1) is 0 Å². The molecule has 1 aromatic heterocycles. The molecule has 1 aromatic carbocycles. The molecule has 0 aliphatic rings. The fourth-order valence-electron chi connectivity index (χ4n) is 3.89. The zero-order chi connectivity index (χ0) is 29.8. The van der Waals surface area contributed by atoms with Gasteiger partial charge in [0.15, 0.2) is 0 Å². The number of hydrogen-bond donors (Lipinski definition) is 8. The first-order valence-corrected chi connectivity index (χ1v) is 13.8. The number of nitrogens with one attached hydrogen (secondary N) is 4. The van der Waals surface area contributed by atoms with Crippen LogP contribution in [0.2, 0.25) is 0 Å². The fourth-order valence-corrected chi connectivity index (χ4v) is 4.36. The molecule has 2 rings (SSSR count). The number of amides is 4. The van der Waals surface area contributed by atoms with E-state index in [1.54, 1.807) is 12.5 Å². The average molecular weight is 579 g/mol. The highest BCUT2D eigenvalue weighted by molar-refractivity contribution is 7.98. The summed E-state index contributed by atoms with van der Waals surface area (Å²) < 4.78 is 0. The van der Waals surface area contributed by atoms with Crippen molar-refractivity contribution in [1.29, 1.82) is 0 Å². The van der Waals surface area contributed by atoms with Crippen LogP contribution >= 0.6 is 11.8 Å². The van der Waals surface area contributed by atoms with Crippen molar-refractivity contribution >= 4 is 58.2 Å². The van der Waals surface area contributed by atoms with Gasteiger partial charge in [0.2, 0.25) is 23.6 Å². The molecule has 0 saturated heterocycles. The van der Waals surface area contributed by atoms with Gasteiger partial charge < -0.3 is 42.6 Å². The number of carbonyl (C=O) groups excluding carboxylic acids is 4. The Morgan fingerprint density at radius 2 is 1.55 bits per heavy atom. The second kappa shape index (κ2) is 15.5. The van der Waals surface area contributed by atoms with Crippen molar-refractivity contribution in [3.8, 4) is 0 Å². The highest BCUT2D eigenvalue weighted by atomic mass is 32.2. The normalized spacial score (nSPS) is 13.9. The van der Waals surface area contributed by atoms with Gasteiger partial charge in [-0.05, 0) is 42.9 Å². The standard InChI is InChI=1S/C25H34N6O8S/c1-40-9-8-18(25(38)39)30-24(37)19(11-21(33)34)31-23(36)17(6-7-20(27)32)29-22(35)15(26)10-13-12-28-16-5-3-2-4-14(13)16/h2-5,12,15,17-19,28H,6-11,26H2,1H3,(H2,27,32)(H,29,35)(H,30,37)(H,31,36)(H,33,34)(H,38,39). The molecule has 14 nitrogen and oxygen atoms in total. The van der Waals surface area contributed by atoms with E-state index in [2.05, 4.69) is 20.9 Å². The highest BCUT2D eigenvalue weighted by Crippen LogP contribution is 2.19. The van der Waals surface area contributed by atoms with Crippen LogP contribution in [0.4, 0.5) is 0 Å². The molecule has 0 radical (unpaired) electrons. The second-order valence-electron chi connectivity index (χ2n) is 9.08. The van der Waals surface area contributed by atoms with E-state index in [1.165, 1.54) is 11.8 Å². The van der Waals surface area contributed by atoms with Crippen LogP contribution in [0.3, 0.4) is 0 Å². The predicted molar refractivity (Wildman–Crippen MR) is 147 cm³/mol. The maximum atomic E-state index is 13.1. The molecule has 1 heterocycles. The van der Waals surface area contributed by atoms with Crippen LogP contribution in [0.5, 0.6) is 0 Å². The van der Waals surface area contributed by atoms with Gasteiger partial charge in [-0.1, -0.05) is 18.2 Å². The zero-order valence-electron chi connectivity index (χ0n) is 21.8. The number of aromatic nitrogens is 1. The third-order valence-corrected chi connectivity index (χ3v) is 6.64. The lowest BCUT2D eigenvalue weighted by Crippen LogP contribution is -2.57. The summed E-state index contributed by atoms with van der Waals surface area (Å²) in [5.74, 6) is -5.82. The minimum atomic E-state index is -1.66. The van der Waals surface area contributed by atoms with Crippen molar-refractivity contribution in [2.45, 2.75) is 56.3 Å². The predicted octanol–water partition coefficient (Wildman–Crippen LogP) is -0.930. The Morgan fingerprint density at radius 3 is 2.17 bits per heavy atom. The molecule has 0 bridgehead atoms. The van der Waals surface area contributed by atoms with Gasteiger partial charge in [0, 0.05) is 23.5 Å². The molecule has 0 aliphatic carbocycles. The third-order valence-electron chi connectivity index (χ3n) is 6.00. The number of fused-ring (bicyclic) bond motifs is 1. The quantitative estimate of drug-likeness (QED) is 0.114. The van der Waals surface area contributed by atoms with Gasteiger partial charge in [-0.25, -0.2) is 4.79 Å². The van der Waals surface area contributed by atoms with Crippen LogP contribution < -0.4 is 27.4 Å². The average Bonchev–Trinajstić information content (AvgIpc) is 3.30. The Labute approximate surface area is 234 Å². The monoisotopic (exact) mass is 578 g/mol. The maximum Gasteiger partial charge on any atom is 0.326 e. The summed E-state index contributed by atoms with van der Waals surface area (Å²) in [6.07, 6.45) is 2.25. The number of para-hydroxylation sites is 1. The molecule has 4 atom stereocenters. The largest absolute Gasteiger partial charge is 0.481 e. The summed E-state index contributed by atoms with van der Waals surface area (Å²) in [6.45, 7) is 0. The van der Waals surface area contributed by atoms with E-state index in [-0.39, 0.29) is 25.7 Å². The number of carbonyl (C=O) groups is 6. The Hall–Kier alpha value is -4.11. The van der Waals surface area contributed by atoms with Gasteiger partial charge in [-0.3, -0.25) is 24.0 Å². The molecular weight excluding hydrogens is 544 g/mol. The number of carboxylic acid groups (broad SMARTS) is 2. The SMILES string of the molecule is CSCCC(NC(=O)C(CC(=O)O)NC(=O)C(CCC(N)=O)NC(=O)C(N)Cc1c[nH]c2ccccc12)C(=O)O. The number of thioether (sulfide) groups is 1. The fraction of sp³-hybridized carbons (Fsp3) is 0.440. The summed E-state index contributed by atoms with van der Waals surface area (Å²) >= 11 is 1.36. The Bertz CT molecular complexity index is 1230. The van der Waals surface area contributed by atoms with E-state index in [0.717, 1.165) is 16.5 Å². The maximum absolute atomic E-state index is 13.1. The number of hydrogen-bond acceptors (Lipinski definition) is 8. The van der Waals surface area contributed by atoms with E-state index in [4.69, 9.17) is 11.5 Å². The number of carboxylic acids is 2. The minimum absolute atomic E-state index is 0.0710. The first-order chi connectivity index (χ1) is 18.9. The molecule has 0 spiro atoms. The summed E-state index contributed by atoms with van der Waals surface area (Å²) in [4.78, 5) is 76.1. The number of H-pyrrole nitrogens is 1.